The Kier molecular flexibility index (Phi) is 6.93. The average Bonchev–Trinajstić information content (AvgIpc) is 2.52. The van der Waals surface area contributed by atoms with Crippen molar-refractivity contribution in [2.75, 3.05) is 0 Å². The summed E-state index contributed by atoms with van der Waals surface area (Å²) in [6.07, 6.45) is 18.0. The van der Waals surface area contributed by atoms with Crippen LogP contribution in [-0.2, 0) is 0 Å². The molecule has 22 heavy (non-hydrogen) atoms. The van der Waals surface area contributed by atoms with E-state index < -0.39 is 0 Å². The molecule has 0 nitrogen and oxygen atoms in total. The highest BCUT2D eigenvalue weighted by Crippen LogP contribution is 2.43. The van der Waals surface area contributed by atoms with Crippen molar-refractivity contribution in [2.24, 2.45) is 11.8 Å². The minimum atomic E-state index is 0.993. The first kappa shape index (κ1) is 17.5. The van der Waals surface area contributed by atoms with Gasteiger partial charge in [0.2, 0.25) is 0 Å². The maximum atomic E-state index is 2.44. The molecular formula is C20H36S2. The van der Waals surface area contributed by atoms with E-state index in [9.17, 15) is 0 Å². The second-order valence-corrected chi connectivity index (χ2v) is 11.7. The zero-order valence-electron chi connectivity index (χ0n) is 14.8. The van der Waals surface area contributed by atoms with Crippen molar-refractivity contribution in [3.63, 3.8) is 0 Å². The van der Waals surface area contributed by atoms with E-state index in [1.165, 1.54) is 77.0 Å². The molecule has 0 aliphatic heterocycles. The van der Waals surface area contributed by atoms with Crippen molar-refractivity contribution >= 4 is 23.5 Å². The van der Waals surface area contributed by atoms with Gasteiger partial charge in [-0.25, -0.2) is 0 Å². The predicted octanol–water partition coefficient (Wildman–Crippen LogP) is 6.92. The molecule has 0 heterocycles. The zero-order chi connectivity index (χ0) is 15.4. The Morgan fingerprint density at radius 1 is 0.500 bits per heavy atom. The fourth-order valence-corrected chi connectivity index (χ4v) is 8.22. The molecule has 3 rings (SSSR count). The molecule has 0 aromatic heterocycles. The third-order valence-electron chi connectivity index (χ3n) is 6.27. The maximum absolute atomic E-state index is 2.44. The predicted molar refractivity (Wildman–Crippen MR) is 104 cm³/mol. The molecule has 3 saturated carbocycles. The highest BCUT2D eigenvalue weighted by atomic mass is 32.2. The summed E-state index contributed by atoms with van der Waals surface area (Å²) in [6, 6.07) is 0. The Labute approximate surface area is 147 Å². The van der Waals surface area contributed by atoms with Crippen LogP contribution < -0.4 is 0 Å². The summed E-state index contributed by atoms with van der Waals surface area (Å²) in [6.45, 7) is 4.89. The van der Waals surface area contributed by atoms with E-state index in [1.807, 2.05) is 0 Å². The van der Waals surface area contributed by atoms with Crippen molar-refractivity contribution in [3.05, 3.63) is 0 Å². The molecule has 0 aromatic carbocycles. The van der Waals surface area contributed by atoms with Crippen LogP contribution in [0.5, 0.6) is 0 Å². The summed E-state index contributed by atoms with van der Waals surface area (Å²) in [5.74, 6) is 2.00. The quantitative estimate of drug-likeness (QED) is 0.544. The lowest BCUT2D eigenvalue weighted by Crippen LogP contribution is -2.26. The van der Waals surface area contributed by atoms with Gasteiger partial charge in [-0.2, -0.15) is 23.5 Å². The van der Waals surface area contributed by atoms with E-state index in [1.54, 1.807) is 0 Å². The Morgan fingerprint density at radius 2 is 0.909 bits per heavy atom. The van der Waals surface area contributed by atoms with Gasteiger partial charge in [-0.15, -0.1) is 0 Å². The van der Waals surface area contributed by atoms with Crippen LogP contribution in [0.1, 0.15) is 90.9 Å². The van der Waals surface area contributed by atoms with Gasteiger partial charge in [0.1, 0.15) is 0 Å². The van der Waals surface area contributed by atoms with E-state index >= 15 is 0 Å². The minimum absolute atomic E-state index is 0.993. The van der Waals surface area contributed by atoms with E-state index in [0.717, 1.165) is 32.8 Å². The first-order valence-electron chi connectivity index (χ1n) is 10.00. The molecule has 0 amide bonds. The van der Waals surface area contributed by atoms with Gasteiger partial charge in [-0.05, 0) is 82.5 Å². The molecule has 0 N–H and O–H groups in total. The number of rotatable bonds is 4. The van der Waals surface area contributed by atoms with Gasteiger partial charge in [-0.1, -0.05) is 20.3 Å². The fourth-order valence-electron chi connectivity index (χ4n) is 4.62. The number of hydrogen-bond acceptors (Lipinski definition) is 2. The third kappa shape index (κ3) is 5.36. The van der Waals surface area contributed by atoms with Crippen LogP contribution in [0.25, 0.3) is 0 Å². The Bertz CT molecular complexity index is 284. The molecule has 0 saturated heterocycles. The van der Waals surface area contributed by atoms with Gasteiger partial charge < -0.3 is 0 Å². The largest absolute Gasteiger partial charge is 0.155 e. The number of hydrogen-bond donors (Lipinski definition) is 0. The Hall–Kier alpha value is 0.700. The van der Waals surface area contributed by atoms with Crippen molar-refractivity contribution in [1.29, 1.82) is 0 Å². The second-order valence-electron chi connectivity index (χ2n) is 8.45. The van der Waals surface area contributed by atoms with E-state index in [2.05, 4.69) is 37.4 Å². The monoisotopic (exact) mass is 340 g/mol. The van der Waals surface area contributed by atoms with Crippen LogP contribution in [0, 0.1) is 11.8 Å². The first-order valence-corrected chi connectivity index (χ1v) is 11.9. The fraction of sp³-hybridized carbons (Fsp3) is 1.00. The summed E-state index contributed by atoms with van der Waals surface area (Å²) >= 11 is 4.79. The molecule has 2 unspecified atom stereocenters. The maximum Gasteiger partial charge on any atom is 0.00603 e. The molecule has 3 aliphatic carbocycles. The van der Waals surface area contributed by atoms with E-state index in [4.69, 9.17) is 0 Å². The molecule has 0 bridgehead atoms. The lowest BCUT2D eigenvalue weighted by molar-refractivity contribution is 0.389. The average molecular weight is 341 g/mol. The van der Waals surface area contributed by atoms with Gasteiger partial charge in [0.15, 0.2) is 0 Å². The van der Waals surface area contributed by atoms with Crippen molar-refractivity contribution in [1.82, 2.24) is 0 Å². The topological polar surface area (TPSA) is 0 Å². The van der Waals surface area contributed by atoms with E-state index in [0.29, 0.717) is 0 Å². The van der Waals surface area contributed by atoms with Crippen molar-refractivity contribution in [2.45, 2.75) is 112 Å². The molecule has 2 heteroatoms. The smallest absolute Gasteiger partial charge is 0.00603 e. The normalized spacial score (nSPS) is 43.9. The third-order valence-corrected chi connectivity index (χ3v) is 9.61. The molecule has 2 atom stereocenters. The molecule has 3 aliphatic rings. The van der Waals surface area contributed by atoms with Crippen LogP contribution in [0.4, 0.5) is 0 Å². The molecule has 0 spiro atoms. The first-order chi connectivity index (χ1) is 10.7. The van der Waals surface area contributed by atoms with Crippen LogP contribution in [0.15, 0.2) is 0 Å². The van der Waals surface area contributed by atoms with Crippen LogP contribution in [0.2, 0.25) is 0 Å². The Balaban J connectivity index is 1.39. The van der Waals surface area contributed by atoms with Crippen LogP contribution in [0.3, 0.4) is 0 Å². The number of thioether (sulfide) groups is 2. The van der Waals surface area contributed by atoms with Gasteiger partial charge >= 0.3 is 0 Å². The van der Waals surface area contributed by atoms with Gasteiger partial charge in [0.25, 0.3) is 0 Å². The van der Waals surface area contributed by atoms with Gasteiger partial charge in [0.05, 0.1) is 0 Å². The molecule has 128 valence electrons. The lowest BCUT2D eigenvalue weighted by Gasteiger charge is -2.35. The highest BCUT2D eigenvalue weighted by molar-refractivity contribution is 8.01. The summed E-state index contributed by atoms with van der Waals surface area (Å²) < 4.78 is 0. The highest BCUT2D eigenvalue weighted by Gasteiger charge is 2.29. The molecule has 0 radical (unpaired) electrons. The van der Waals surface area contributed by atoms with Gasteiger partial charge in [0, 0.05) is 21.0 Å². The summed E-state index contributed by atoms with van der Waals surface area (Å²) in [5.41, 5.74) is 0. The van der Waals surface area contributed by atoms with Crippen molar-refractivity contribution in [3.8, 4) is 0 Å². The van der Waals surface area contributed by atoms with Crippen LogP contribution >= 0.6 is 23.5 Å². The zero-order valence-corrected chi connectivity index (χ0v) is 16.4. The molecule has 0 aromatic rings. The summed E-state index contributed by atoms with van der Waals surface area (Å²) in [5, 5.41) is 3.99. The Morgan fingerprint density at radius 3 is 1.32 bits per heavy atom. The molecular weight excluding hydrogens is 304 g/mol. The minimum Gasteiger partial charge on any atom is -0.155 e. The lowest BCUT2D eigenvalue weighted by atomic mass is 9.90. The second kappa shape index (κ2) is 8.70. The van der Waals surface area contributed by atoms with E-state index in [-0.39, 0.29) is 0 Å². The summed E-state index contributed by atoms with van der Waals surface area (Å²) in [7, 11) is 0. The van der Waals surface area contributed by atoms with Crippen LogP contribution in [-0.4, -0.2) is 21.0 Å². The van der Waals surface area contributed by atoms with Gasteiger partial charge in [-0.3, -0.25) is 0 Å². The standard InChI is InChI=1S/C20H36S2/c1-15-6-10-17(11-7-15)21-19-4-3-5-20(14-19)22-18-12-8-16(2)9-13-18/h15-20H,3-14H2,1-2H3. The SMILES string of the molecule is CC1CCC(SC2CCCC(SC3CCC(C)CC3)C2)CC1. The molecule has 3 fully saturated rings. The summed E-state index contributed by atoms with van der Waals surface area (Å²) in [4.78, 5) is 0. The van der Waals surface area contributed by atoms with Crippen molar-refractivity contribution < 1.29 is 0 Å².